The van der Waals surface area contributed by atoms with Gasteiger partial charge in [-0.2, -0.15) is 0 Å². The van der Waals surface area contributed by atoms with Crippen LogP contribution in [-0.2, 0) is 0 Å². The number of halogens is 3. The Morgan fingerprint density at radius 2 is 1.97 bits per heavy atom. The Hall–Kier alpha value is -2.44. The Morgan fingerprint density at radius 3 is 2.67 bits per heavy atom. The van der Waals surface area contributed by atoms with Gasteiger partial charge in [-0.15, -0.1) is 5.10 Å². The van der Waals surface area contributed by atoms with Gasteiger partial charge in [0, 0.05) is 24.1 Å². The van der Waals surface area contributed by atoms with Crippen molar-refractivity contribution < 1.29 is 23.4 Å². The average Bonchev–Trinajstić information content (AvgIpc) is 3.36. The molecule has 0 radical (unpaired) electrons. The number of aromatic nitrogens is 5. The van der Waals surface area contributed by atoms with Gasteiger partial charge in [0.25, 0.3) is 0 Å². The first kappa shape index (κ1) is 22.4. The molecule has 2 saturated carbocycles. The minimum absolute atomic E-state index is 0.00833. The maximum absolute atomic E-state index is 14.0. The number of hydrogen-bond donors (Lipinski definition) is 3. The summed E-state index contributed by atoms with van der Waals surface area (Å²) in [6.45, 7) is 2.03. The van der Waals surface area contributed by atoms with E-state index in [4.69, 9.17) is 0 Å². The SMILES string of the molecule is CCCSc1nc(N[C@@H]2C[C@H]2c2ccc(F)c(F)c2)c2nnn([C@@H]3C[C@H](F)[C@@H](O)[C@H]3O)c2n1. The summed E-state index contributed by atoms with van der Waals surface area (Å²) in [7, 11) is 0. The zero-order valence-corrected chi connectivity index (χ0v) is 18.5. The van der Waals surface area contributed by atoms with Gasteiger partial charge in [0.15, 0.2) is 33.8 Å². The highest BCUT2D eigenvalue weighted by Gasteiger charge is 2.45. The standard InChI is InChI=1S/C21H23F3N6O2S/c1-2-5-33-21-26-19(25-14-7-10(14)9-3-4-11(22)12(23)6-9)16-20(27-21)30(29-28-16)15-8-13(24)17(31)18(15)32/h3-4,6,10,13-15,17-18,31-32H,2,5,7-8H2,1H3,(H,25,26,27)/t10-,13-,14+,15+,17+,18-/m0/s1. The van der Waals surface area contributed by atoms with Crippen LogP contribution in [0.25, 0.3) is 11.2 Å². The lowest BCUT2D eigenvalue weighted by Gasteiger charge is -2.16. The summed E-state index contributed by atoms with van der Waals surface area (Å²) in [4.78, 5) is 9.10. The Bertz CT molecular complexity index is 1180. The summed E-state index contributed by atoms with van der Waals surface area (Å²) in [6, 6.07) is 3.03. The molecule has 0 spiro atoms. The average molecular weight is 481 g/mol. The third kappa shape index (κ3) is 4.15. The first-order valence-corrected chi connectivity index (χ1v) is 11.8. The number of nitrogens with one attached hydrogen (secondary N) is 1. The Labute approximate surface area is 191 Å². The third-order valence-electron chi connectivity index (χ3n) is 6.12. The van der Waals surface area contributed by atoms with Crippen molar-refractivity contribution >= 4 is 28.7 Å². The highest BCUT2D eigenvalue weighted by Crippen LogP contribution is 2.44. The molecule has 176 valence electrons. The molecule has 33 heavy (non-hydrogen) atoms. The largest absolute Gasteiger partial charge is 0.388 e. The second-order valence-corrected chi connectivity index (χ2v) is 9.54. The monoisotopic (exact) mass is 480 g/mol. The summed E-state index contributed by atoms with van der Waals surface area (Å²) in [6.07, 6.45) is -2.88. The van der Waals surface area contributed by atoms with Crippen molar-refractivity contribution in [3.63, 3.8) is 0 Å². The summed E-state index contributed by atoms with van der Waals surface area (Å²) in [5.41, 5.74) is 1.38. The van der Waals surface area contributed by atoms with Gasteiger partial charge < -0.3 is 15.5 Å². The fourth-order valence-corrected chi connectivity index (χ4v) is 4.92. The summed E-state index contributed by atoms with van der Waals surface area (Å²) < 4.78 is 42.3. The molecule has 12 heteroatoms. The van der Waals surface area contributed by atoms with Crippen LogP contribution in [0, 0.1) is 11.6 Å². The van der Waals surface area contributed by atoms with Crippen LogP contribution in [0.15, 0.2) is 23.4 Å². The zero-order valence-electron chi connectivity index (χ0n) is 17.7. The smallest absolute Gasteiger partial charge is 0.191 e. The second-order valence-electron chi connectivity index (χ2n) is 8.48. The van der Waals surface area contributed by atoms with E-state index in [1.807, 2.05) is 6.92 Å². The zero-order chi connectivity index (χ0) is 23.3. The summed E-state index contributed by atoms with van der Waals surface area (Å²) >= 11 is 1.45. The predicted octanol–water partition coefficient (Wildman–Crippen LogP) is 2.97. The molecule has 0 amide bonds. The Morgan fingerprint density at radius 1 is 1.15 bits per heavy atom. The van der Waals surface area contributed by atoms with E-state index in [0.29, 0.717) is 34.1 Å². The lowest BCUT2D eigenvalue weighted by Crippen LogP contribution is -2.30. The molecular formula is C21H23F3N6O2S. The van der Waals surface area contributed by atoms with Crippen LogP contribution in [0.1, 0.15) is 43.7 Å². The number of hydrogen-bond acceptors (Lipinski definition) is 8. The van der Waals surface area contributed by atoms with Crippen molar-refractivity contribution in [1.82, 2.24) is 25.0 Å². The van der Waals surface area contributed by atoms with Crippen molar-refractivity contribution in [2.24, 2.45) is 0 Å². The topological polar surface area (TPSA) is 109 Å². The molecule has 2 aliphatic rings. The number of aliphatic hydroxyl groups is 2. The minimum atomic E-state index is -1.57. The maximum atomic E-state index is 14.0. The molecule has 2 aliphatic carbocycles. The van der Waals surface area contributed by atoms with Gasteiger partial charge in [-0.05, 0) is 30.5 Å². The van der Waals surface area contributed by atoms with E-state index in [9.17, 15) is 23.4 Å². The van der Waals surface area contributed by atoms with Gasteiger partial charge in [0.1, 0.15) is 18.4 Å². The molecule has 2 fully saturated rings. The van der Waals surface area contributed by atoms with Crippen molar-refractivity contribution in [3.05, 3.63) is 35.4 Å². The normalized spacial score (nSPS) is 29.0. The second kappa shape index (κ2) is 8.73. The molecule has 1 aromatic carbocycles. The molecule has 2 heterocycles. The molecule has 0 unspecified atom stereocenters. The highest BCUT2D eigenvalue weighted by atomic mass is 32.2. The molecule has 3 N–H and O–H groups in total. The van der Waals surface area contributed by atoms with Crippen LogP contribution in [0.5, 0.6) is 0 Å². The van der Waals surface area contributed by atoms with Crippen LogP contribution in [-0.4, -0.2) is 65.3 Å². The van der Waals surface area contributed by atoms with E-state index in [1.165, 1.54) is 22.5 Å². The number of thioether (sulfide) groups is 1. The summed E-state index contributed by atoms with van der Waals surface area (Å²) in [5, 5.41) is 32.2. The highest BCUT2D eigenvalue weighted by molar-refractivity contribution is 7.99. The first-order chi connectivity index (χ1) is 15.9. The molecule has 0 saturated heterocycles. The van der Waals surface area contributed by atoms with Gasteiger partial charge in [-0.25, -0.2) is 27.8 Å². The molecule has 6 atom stereocenters. The molecule has 2 aromatic heterocycles. The predicted molar refractivity (Wildman–Crippen MR) is 116 cm³/mol. The van der Waals surface area contributed by atoms with Crippen LogP contribution in [0.3, 0.4) is 0 Å². The number of rotatable bonds is 7. The van der Waals surface area contributed by atoms with E-state index in [-0.39, 0.29) is 18.4 Å². The van der Waals surface area contributed by atoms with Crippen molar-refractivity contribution in [1.29, 1.82) is 0 Å². The number of nitrogens with zero attached hydrogens (tertiary/aromatic N) is 5. The van der Waals surface area contributed by atoms with Crippen LogP contribution in [0.2, 0.25) is 0 Å². The molecule has 0 bridgehead atoms. The van der Waals surface area contributed by atoms with Crippen molar-refractivity contribution in [3.8, 4) is 0 Å². The first-order valence-electron chi connectivity index (χ1n) is 10.8. The third-order valence-corrected chi connectivity index (χ3v) is 7.17. The fourth-order valence-electron chi connectivity index (χ4n) is 4.23. The number of fused-ring (bicyclic) bond motifs is 1. The van der Waals surface area contributed by atoms with Crippen molar-refractivity contribution in [2.75, 3.05) is 11.1 Å². The van der Waals surface area contributed by atoms with E-state index in [0.717, 1.165) is 18.2 Å². The lowest BCUT2D eigenvalue weighted by atomic mass is 10.1. The number of alkyl halides is 1. The van der Waals surface area contributed by atoms with Gasteiger partial charge in [-0.3, -0.25) is 0 Å². The van der Waals surface area contributed by atoms with Gasteiger partial charge >= 0.3 is 0 Å². The van der Waals surface area contributed by atoms with E-state index in [1.54, 1.807) is 6.07 Å². The van der Waals surface area contributed by atoms with E-state index < -0.39 is 36.1 Å². The quantitative estimate of drug-likeness (QED) is 0.350. The van der Waals surface area contributed by atoms with Gasteiger partial charge in [0.05, 0.1) is 6.04 Å². The molecule has 5 rings (SSSR count). The summed E-state index contributed by atoms with van der Waals surface area (Å²) in [5.74, 6) is -0.557. The minimum Gasteiger partial charge on any atom is -0.388 e. The molecule has 8 nitrogen and oxygen atoms in total. The van der Waals surface area contributed by atoms with Gasteiger partial charge in [0.2, 0.25) is 0 Å². The fraction of sp³-hybridized carbons (Fsp3) is 0.524. The van der Waals surface area contributed by atoms with E-state index in [2.05, 4.69) is 25.6 Å². The maximum Gasteiger partial charge on any atom is 0.191 e. The lowest BCUT2D eigenvalue weighted by molar-refractivity contribution is -0.00249. The molecule has 3 aromatic rings. The van der Waals surface area contributed by atoms with Crippen LogP contribution < -0.4 is 5.32 Å². The van der Waals surface area contributed by atoms with Crippen LogP contribution >= 0.6 is 11.8 Å². The van der Waals surface area contributed by atoms with Crippen LogP contribution in [0.4, 0.5) is 19.0 Å². The van der Waals surface area contributed by atoms with Crippen molar-refractivity contribution in [2.45, 2.75) is 67.7 Å². The Kier molecular flexibility index (Phi) is 5.91. The number of aliphatic hydroxyl groups excluding tert-OH is 2. The number of benzene rings is 1. The van der Waals surface area contributed by atoms with Gasteiger partial charge in [-0.1, -0.05) is 30.0 Å². The molecular weight excluding hydrogens is 457 g/mol. The number of anilines is 1. The van der Waals surface area contributed by atoms with E-state index >= 15 is 0 Å². The Balaban J connectivity index is 1.45. The molecule has 0 aliphatic heterocycles.